The van der Waals surface area contributed by atoms with Gasteiger partial charge in [0.2, 0.25) is 0 Å². The Bertz CT molecular complexity index is 726. The summed E-state index contributed by atoms with van der Waals surface area (Å²) in [7, 11) is 0. The van der Waals surface area contributed by atoms with Crippen LogP contribution in [0.5, 0.6) is 0 Å². The smallest absolute Gasteiger partial charge is 0.410 e. The van der Waals surface area contributed by atoms with Crippen molar-refractivity contribution in [3.8, 4) is 0 Å². The van der Waals surface area contributed by atoms with Crippen molar-refractivity contribution >= 4 is 12.0 Å². The van der Waals surface area contributed by atoms with E-state index in [2.05, 4.69) is 15.5 Å². The number of hydrogen-bond acceptors (Lipinski definition) is 4. The SMILES string of the molecule is CC(C)(C)OC(=O)N1CCc2[nH]nc(C(=O)NC3CCCCCCCCCCC3)c2C1. The van der Waals surface area contributed by atoms with Crippen LogP contribution in [-0.4, -0.2) is 45.3 Å². The third-order valence-electron chi connectivity index (χ3n) is 6.24. The van der Waals surface area contributed by atoms with E-state index in [1.165, 1.54) is 44.9 Å². The Morgan fingerprint density at radius 3 is 2.16 bits per heavy atom. The van der Waals surface area contributed by atoms with Gasteiger partial charge in [-0.3, -0.25) is 9.89 Å². The standard InChI is InChI=1S/C24H40N4O3/c1-24(2,3)31-23(30)28-16-15-20-19(17-28)21(27-26-20)22(29)25-18-13-11-9-7-5-4-6-8-10-12-14-18/h18H,4-17H2,1-3H3,(H,25,29)(H,26,27). The highest BCUT2D eigenvalue weighted by Crippen LogP contribution is 2.23. The Morgan fingerprint density at radius 2 is 1.58 bits per heavy atom. The van der Waals surface area contributed by atoms with Gasteiger partial charge in [0.1, 0.15) is 5.60 Å². The van der Waals surface area contributed by atoms with Gasteiger partial charge in [0.05, 0.1) is 6.54 Å². The van der Waals surface area contributed by atoms with Crippen LogP contribution in [0.1, 0.15) is 113 Å². The van der Waals surface area contributed by atoms with Gasteiger partial charge < -0.3 is 15.0 Å². The van der Waals surface area contributed by atoms with Crippen molar-refractivity contribution in [3.63, 3.8) is 0 Å². The van der Waals surface area contributed by atoms with Gasteiger partial charge in [0, 0.05) is 30.3 Å². The molecule has 1 aliphatic heterocycles. The van der Waals surface area contributed by atoms with Crippen molar-refractivity contribution in [1.82, 2.24) is 20.4 Å². The number of ether oxygens (including phenoxy) is 1. The van der Waals surface area contributed by atoms with Crippen molar-refractivity contribution in [2.75, 3.05) is 6.54 Å². The maximum Gasteiger partial charge on any atom is 0.410 e. The Labute approximate surface area is 186 Å². The van der Waals surface area contributed by atoms with Gasteiger partial charge in [-0.2, -0.15) is 5.10 Å². The van der Waals surface area contributed by atoms with Gasteiger partial charge in [-0.1, -0.05) is 57.8 Å². The molecule has 1 aromatic rings. The van der Waals surface area contributed by atoms with Gasteiger partial charge in [-0.15, -0.1) is 0 Å². The normalized spacial score (nSPS) is 19.6. The minimum Gasteiger partial charge on any atom is -0.444 e. The van der Waals surface area contributed by atoms with E-state index in [4.69, 9.17) is 4.74 Å². The van der Waals surface area contributed by atoms with Crippen molar-refractivity contribution in [3.05, 3.63) is 17.0 Å². The van der Waals surface area contributed by atoms with Crippen LogP contribution in [0.15, 0.2) is 0 Å². The molecule has 0 saturated heterocycles. The van der Waals surface area contributed by atoms with Crippen LogP contribution < -0.4 is 5.32 Å². The molecule has 0 bridgehead atoms. The van der Waals surface area contributed by atoms with E-state index >= 15 is 0 Å². The molecule has 7 nitrogen and oxygen atoms in total. The fraction of sp³-hybridized carbons (Fsp3) is 0.792. The number of H-pyrrole nitrogens is 1. The number of carbonyl (C=O) groups is 2. The Balaban J connectivity index is 1.62. The predicted molar refractivity (Wildman–Crippen MR) is 121 cm³/mol. The highest BCUT2D eigenvalue weighted by molar-refractivity contribution is 5.94. The Morgan fingerprint density at radius 1 is 1.00 bits per heavy atom. The Hall–Kier alpha value is -2.05. The van der Waals surface area contributed by atoms with Crippen LogP contribution in [0.4, 0.5) is 4.79 Å². The van der Waals surface area contributed by atoms with Gasteiger partial charge >= 0.3 is 6.09 Å². The summed E-state index contributed by atoms with van der Waals surface area (Å²) in [6.07, 6.45) is 13.8. The number of aromatic nitrogens is 2. The van der Waals surface area contributed by atoms with Crippen molar-refractivity contribution < 1.29 is 14.3 Å². The molecular weight excluding hydrogens is 392 g/mol. The minimum atomic E-state index is -0.540. The second kappa shape index (κ2) is 11.0. The van der Waals surface area contributed by atoms with E-state index in [9.17, 15) is 9.59 Å². The number of nitrogens with zero attached hydrogens (tertiary/aromatic N) is 2. The number of amides is 2. The summed E-state index contributed by atoms with van der Waals surface area (Å²) in [6, 6.07) is 0.199. The molecule has 0 radical (unpaired) electrons. The zero-order valence-electron chi connectivity index (χ0n) is 19.6. The second-order valence-electron chi connectivity index (χ2n) is 10.1. The summed E-state index contributed by atoms with van der Waals surface area (Å²) in [6.45, 7) is 6.50. The molecule has 2 aliphatic rings. The topological polar surface area (TPSA) is 87.3 Å². The largest absolute Gasteiger partial charge is 0.444 e. The van der Waals surface area contributed by atoms with Gasteiger partial charge in [0.15, 0.2) is 5.69 Å². The summed E-state index contributed by atoms with van der Waals surface area (Å²) in [5.74, 6) is -0.124. The van der Waals surface area contributed by atoms with E-state index in [1.54, 1.807) is 4.90 Å². The monoisotopic (exact) mass is 432 g/mol. The lowest BCUT2D eigenvalue weighted by Gasteiger charge is -2.30. The molecule has 1 saturated carbocycles. The molecule has 0 aromatic carbocycles. The summed E-state index contributed by atoms with van der Waals surface area (Å²) in [5, 5.41) is 10.6. The molecule has 0 unspecified atom stereocenters. The predicted octanol–water partition coefficient (Wildman–Crippen LogP) is 5.11. The maximum absolute atomic E-state index is 13.1. The molecule has 2 N–H and O–H groups in total. The molecule has 2 heterocycles. The van der Waals surface area contributed by atoms with Gasteiger partial charge in [0.25, 0.3) is 5.91 Å². The molecule has 0 spiro atoms. The van der Waals surface area contributed by atoms with E-state index < -0.39 is 5.60 Å². The number of fused-ring (bicyclic) bond motifs is 1. The lowest BCUT2D eigenvalue weighted by atomic mass is 9.97. The van der Waals surface area contributed by atoms with E-state index in [0.717, 1.165) is 36.9 Å². The van der Waals surface area contributed by atoms with E-state index in [0.29, 0.717) is 25.2 Å². The highest BCUT2D eigenvalue weighted by atomic mass is 16.6. The first-order valence-electron chi connectivity index (χ1n) is 12.2. The molecule has 1 aliphatic carbocycles. The first-order valence-corrected chi connectivity index (χ1v) is 12.2. The summed E-state index contributed by atoms with van der Waals surface area (Å²) in [4.78, 5) is 27.3. The maximum atomic E-state index is 13.1. The van der Waals surface area contributed by atoms with Crippen LogP contribution in [-0.2, 0) is 17.7 Å². The molecule has 31 heavy (non-hydrogen) atoms. The lowest BCUT2D eigenvalue weighted by Crippen LogP contribution is -2.41. The third-order valence-corrected chi connectivity index (χ3v) is 6.24. The van der Waals surface area contributed by atoms with Gasteiger partial charge in [-0.25, -0.2) is 4.79 Å². The van der Waals surface area contributed by atoms with Crippen LogP contribution in [0.2, 0.25) is 0 Å². The molecular formula is C24H40N4O3. The number of nitrogens with one attached hydrogen (secondary N) is 2. The van der Waals surface area contributed by atoms with E-state index in [1.807, 2.05) is 20.8 Å². The molecule has 3 rings (SSSR count). The number of hydrogen-bond donors (Lipinski definition) is 2. The zero-order chi connectivity index (χ0) is 22.3. The molecule has 2 amide bonds. The summed E-state index contributed by atoms with van der Waals surface area (Å²) < 4.78 is 5.51. The third kappa shape index (κ3) is 7.25. The van der Waals surface area contributed by atoms with Crippen LogP contribution in [0, 0.1) is 0 Å². The first kappa shape index (κ1) is 23.6. The van der Waals surface area contributed by atoms with Crippen LogP contribution >= 0.6 is 0 Å². The van der Waals surface area contributed by atoms with E-state index in [-0.39, 0.29) is 18.0 Å². The number of carbonyl (C=O) groups excluding carboxylic acids is 2. The van der Waals surface area contributed by atoms with Gasteiger partial charge in [-0.05, 0) is 33.6 Å². The van der Waals surface area contributed by atoms with Crippen molar-refractivity contribution in [2.24, 2.45) is 0 Å². The lowest BCUT2D eigenvalue weighted by molar-refractivity contribution is 0.0222. The Kier molecular flexibility index (Phi) is 8.38. The van der Waals surface area contributed by atoms with Crippen LogP contribution in [0.3, 0.4) is 0 Å². The molecule has 1 fully saturated rings. The average molecular weight is 433 g/mol. The highest BCUT2D eigenvalue weighted by Gasteiger charge is 2.30. The number of rotatable bonds is 2. The molecule has 174 valence electrons. The quantitative estimate of drug-likeness (QED) is 0.680. The molecule has 7 heteroatoms. The number of aromatic amines is 1. The summed E-state index contributed by atoms with van der Waals surface area (Å²) >= 11 is 0. The zero-order valence-corrected chi connectivity index (χ0v) is 19.6. The average Bonchev–Trinajstić information content (AvgIpc) is 3.12. The summed E-state index contributed by atoms with van der Waals surface area (Å²) in [5.41, 5.74) is 1.66. The molecule has 1 aromatic heterocycles. The first-order chi connectivity index (χ1) is 14.8. The van der Waals surface area contributed by atoms with Crippen LogP contribution in [0.25, 0.3) is 0 Å². The molecule has 0 atom stereocenters. The second-order valence-corrected chi connectivity index (χ2v) is 10.1. The minimum absolute atomic E-state index is 0.124. The fourth-order valence-corrected chi connectivity index (χ4v) is 4.53. The van der Waals surface area contributed by atoms with Crippen molar-refractivity contribution in [2.45, 2.75) is 116 Å². The fourth-order valence-electron chi connectivity index (χ4n) is 4.53. The van der Waals surface area contributed by atoms with Crippen molar-refractivity contribution in [1.29, 1.82) is 0 Å².